The maximum Gasteiger partial charge on any atom is 0.242 e. The van der Waals surface area contributed by atoms with Crippen molar-refractivity contribution in [2.24, 2.45) is 0 Å². The Labute approximate surface area is 135 Å². The van der Waals surface area contributed by atoms with Gasteiger partial charge in [0.1, 0.15) is 5.82 Å². The van der Waals surface area contributed by atoms with Crippen molar-refractivity contribution in [3.05, 3.63) is 30.1 Å². The topological polar surface area (TPSA) is 69.3 Å². The van der Waals surface area contributed by atoms with Gasteiger partial charge in [-0.2, -0.15) is 0 Å². The lowest BCUT2D eigenvalue weighted by Crippen LogP contribution is -2.41. The maximum atomic E-state index is 12.4. The number of nitrogens with one attached hydrogen (secondary N) is 1. The number of rotatable bonds is 4. The molecule has 6 heteroatoms. The average molecular weight is 314 g/mol. The first-order valence-electron chi connectivity index (χ1n) is 8.09. The van der Waals surface area contributed by atoms with Gasteiger partial charge in [-0.1, -0.05) is 18.6 Å². The molecule has 122 valence electrons. The minimum Gasteiger partial charge on any atom is -0.340 e. The summed E-state index contributed by atoms with van der Waals surface area (Å²) in [6.45, 7) is 1.26. The lowest BCUT2D eigenvalue weighted by Gasteiger charge is -2.23. The van der Waals surface area contributed by atoms with Crippen LogP contribution in [0, 0.1) is 0 Å². The molecule has 0 aliphatic carbocycles. The second-order valence-corrected chi connectivity index (χ2v) is 6.08. The van der Waals surface area contributed by atoms with E-state index in [1.165, 1.54) is 0 Å². The highest BCUT2D eigenvalue weighted by atomic mass is 16.2. The van der Waals surface area contributed by atoms with Crippen molar-refractivity contribution in [3.63, 3.8) is 0 Å². The van der Waals surface area contributed by atoms with Crippen LogP contribution in [-0.2, 0) is 16.1 Å². The number of likely N-dealkylation sites (N-methyl/N-ethyl adjacent to an activating group) is 1. The zero-order chi connectivity index (χ0) is 16.2. The van der Waals surface area contributed by atoms with Gasteiger partial charge in [0.15, 0.2) is 0 Å². The van der Waals surface area contributed by atoms with Gasteiger partial charge in [0.2, 0.25) is 11.8 Å². The van der Waals surface area contributed by atoms with Crippen LogP contribution in [0.1, 0.15) is 31.5 Å². The van der Waals surface area contributed by atoms with Crippen LogP contribution in [-0.4, -0.2) is 51.7 Å². The van der Waals surface area contributed by atoms with Crippen molar-refractivity contribution >= 4 is 22.8 Å². The summed E-state index contributed by atoms with van der Waals surface area (Å²) in [5.41, 5.74) is 1.86. The lowest BCUT2D eigenvalue weighted by atomic mass is 10.2. The molecule has 0 spiro atoms. The van der Waals surface area contributed by atoms with Crippen LogP contribution in [0.25, 0.3) is 11.0 Å². The summed E-state index contributed by atoms with van der Waals surface area (Å²) in [5.74, 6) is 0.790. The number of para-hydroxylation sites is 2. The molecular formula is C17H22N4O2. The van der Waals surface area contributed by atoms with Crippen molar-refractivity contribution < 1.29 is 9.59 Å². The highest BCUT2D eigenvalue weighted by Crippen LogP contribution is 2.13. The Kier molecular flexibility index (Phi) is 4.60. The van der Waals surface area contributed by atoms with E-state index >= 15 is 0 Å². The van der Waals surface area contributed by atoms with Crippen molar-refractivity contribution in [3.8, 4) is 0 Å². The van der Waals surface area contributed by atoms with Gasteiger partial charge in [-0.05, 0) is 25.0 Å². The number of nitrogens with zero attached hydrogens (tertiary/aromatic N) is 3. The van der Waals surface area contributed by atoms with Gasteiger partial charge in [-0.3, -0.25) is 9.59 Å². The van der Waals surface area contributed by atoms with E-state index in [0.29, 0.717) is 19.5 Å². The Morgan fingerprint density at radius 2 is 2.13 bits per heavy atom. The van der Waals surface area contributed by atoms with Crippen molar-refractivity contribution in [1.82, 2.24) is 19.8 Å². The molecule has 0 saturated carbocycles. The molecule has 0 radical (unpaired) electrons. The second kappa shape index (κ2) is 6.81. The summed E-state index contributed by atoms with van der Waals surface area (Å²) in [6.07, 6.45) is 3.52. The summed E-state index contributed by atoms with van der Waals surface area (Å²) < 4.78 is 0. The Bertz CT molecular complexity index is 676. The standard InChI is InChI=1S/C17H22N4O2/c1-20(11-15-18-13-7-4-5-8-14(13)19-15)17(23)12-21-10-6-2-3-9-16(21)22/h4-5,7-8H,2-3,6,9-12H2,1H3,(H,18,19). The van der Waals surface area contributed by atoms with Crippen molar-refractivity contribution in [2.75, 3.05) is 20.1 Å². The molecule has 1 N–H and O–H groups in total. The second-order valence-electron chi connectivity index (χ2n) is 6.08. The van der Waals surface area contributed by atoms with E-state index in [4.69, 9.17) is 0 Å². The van der Waals surface area contributed by atoms with E-state index < -0.39 is 0 Å². The van der Waals surface area contributed by atoms with Crippen LogP contribution in [0.4, 0.5) is 0 Å². The predicted octanol–water partition coefficient (Wildman–Crippen LogP) is 1.92. The van der Waals surface area contributed by atoms with Gasteiger partial charge >= 0.3 is 0 Å². The molecular weight excluding hydrogens is 292 g/mol. The van der Waals surface area contributed by atoms with Gasteiger partial charge in [-0.25, -0.2) is 4.98 Å². The lowest BCUT2D eigenvalue weighted by molar-refractivity contribution is -0.139. The zero-order valence-corrected chi connectivity index (χ0v) is 13.4. The van der Waals surface area contributed by atoms with E-state index in [0.717, 1.165) is 36.1 Å². The van der Waals surface area contributed by atoms with Gasteiger partial charge in [0.05, 0.1) is 24.1 Å². The molecule has 0 unspecified atom stereocenters. The average Bonchev–Trinajstić information content (AvgIpc) is 2.84. The number of fused-ring (bicyclic) bond motifs is 1. The van der Waals surface area contributed by atoms with Gasteiger partial charge < -0.3 is 14.8 Å². The van der Waals surface area contributed by atoms with E-state index in [2.05, 4.69) is 9.97 Å². The van der Waals surface area contributed by atoms with Gasteiger partial charge in [0, 0.05) is 20.0 Å². The molecule has 2 aromatic rings. The number of hydrogen-bond donors (Lipinski definition) is 1. The van der Waals surface area contributed by atoms with Crippen LogP contribution in [0.3, 0.4) is 0 Å². The molecule has 0 atom stereocenters. The molecule has 2 amide bonds. The van der Waals surface area contributed by atoms with Crippen LogP contribution in [0.2, 0.25) is 0 Å². The molecule has 3 rings (SSSR count). The normalized spacial score (nSPS) is 15.7. The summed E-state index contributed by atoms with van der Waals surface area (Å²) in [5, 5.41) is 0. The fourth-order valence-electron chi connectivity index (χ4n) is 2.88. The van der Waals surface area contributed by atoms with Crippen LogP contribution < -0.4 is 0 Å². The van der Waals surface area contributed by atoms with E-state index in [1.54, 1.807) is 16.8 Å². The fraction of sp³-hybridized carbons (Fsp3) is 0.471. The molecule has 6 nitrogen and oxygen atoms in total. The summed E-state index contributed by atoms with van der Waals surface area (Å²) in [7, 11) is 1.75. The monoisotopic (exact) mass is 314 g/mol. The third kappa shape index (κ3) is 3.70. The number of benzene rings is 1. The number of carbonyl (C=O) groups is 2. The number of H-pyrrole nitrogens is 1. The highest BCUT2D eigenvalue weighted by molar-refractivity contribution is 5.85. The summed E-state index contributed by atoms with van der Waals surface area (Å²) in [4.78, 5) is 35.4. The molecule has 0 bridgehead atoms. The van der Waals surface area contributed by atoms with Gasteiger partial charge in [0.25, 0.3) is 0 Å². The Morgan fingerprint density at radius 1 is 1.30 bits per heavy atom. The number of amides is 2. The first-order valence-corrected chi connectivity index (χ1v) is 8.09. The molecule has 1 aliphatic rings. The maximum absolute atomic E-state index is 12.4. The summed E-state index contributed by atoms with van der Waals surface area (Å²) >= 11 is 0. The van der Waals surface area contributed by atoms with E-state index in [1.807, 2.05) is 24.3 Å². The number of aromatic amines is 1. The predicted molar refractivity (Wildman–Crippen MR) is 87.6 cm³/mol. The largest absolute Gasteiger partial charge is 0.340 e. The van der Waals surface area contributed by atoms with Crippen molar-refractivity contribution in [1.29, 1.82) is 0 Å². The minimum absolute atomic E-state index is 0.0549. The molecule has 1 aliphatic heterocycles. The third-order valence-corrected chi connectivity index (χ3v) is 4.25. The zero-order valence-electron chi connectivity index (χ0n) is 13.4. The minimum atomic E-state index is -0.0549. The number of imidazole rings is 1. The van der Waals surface area contributed by atoms with E-state index in [9.17, 15) is 9.59 Å². The van der Waals surface area contributed by atoms with Crippen LogP contribution >= 0.6 is 0 Å². The SMILES string of the molecule is CN(Cc1nc2ccccc2[nH]1)C(=O)CN1CCCCCC1=O. The number of carbonyl (C=O) groups excluding carboxylic acids is 2. The molecule has 2 heterocycles. The number of aromatic nitrogens is 2. The third-order valence-electron chi connectivity index (χ3n) is 4.25. The Morgan fingerprint density at radius 3 is 2.96 bits per heavy atom. The first kappa shape index (κ1) is 15.5. The van der Waals surface area contributed by atoms with E-state index in [-0.39, 0.29) is 18.4 Å². The first-order chi connectivity index (χ1) is 11.1. The summed E-state index contributed by atoms with van der Waals surface area (Å²) in [6, 6.07) is 7.79. The highest BCUT2D eigenvalue weighted by Gasteiger charge is 2.21. The fourth-order valence-corrected chi connectivity index (χ4v) is 2.88. The smallest absolute Gasteiger partial charge is 0.242 e. The Balaban J connectivity index is 1.61. The van der Waals surface area contributed by atoms with Crippen molar-refractivity contribution in [2.45, 2.75) is 32.2 Å². The number of hydrogen-bond acceptors (Lipinski definition) is 3. The number of likely N-dealkylation sites (tertiary alicyclic amines) is 1. The Hall–Kier alpha value is -2.37. The van der Waals surface area contributed by atoms with Crippen LogP contribution in [0.5, 0.6) is 0 Å². The molecule has 1 aromatic heterocycles. The van der Waals surface area contributed by atoms with Crippen LogP contribution in [0.15, 0.2) is 24.3 Å². The molecule has 1 aromatic carbocycles. The quantitative estimate of drug-likeness (QED) is 0.937. The molecule has 1 fully saturated rings. The molecule has 1 saturated heterocycles. The molecule has 23 heavy (non-hydrogen) atoms. The van der Waals surface area contributed by atoms with Gasteiger partial charge in [-0.15, -0.1) is 0 Å².